The standard InChI is InChI=1S/C22H20N2O5/c1-3-22(28)15-8-17-19-13(9-24(17)20(26)14(15)10-29-21(22)27)18(11(2)25)12-6-4-5-7-16(12)23-19/h4-8,11,25,28H,3,9-10H2,1-2H3/t11?,22-/m0/s1. The summed E-state index contributed by atoms with van der Waals surface area (Å²) in [7, 11) is 0. The summed E-state index contributed by atoms with van der Waals surface area (Å²) < 4.78 is 6.68. The van der Waals surface area contributed by atoms with Gasteiger partial charge in [0.1, 0.15) is 6.61 Å². The summed E-state index contributed by atoms with van der Waals surface area (Å²) in [6.07, 6.45) is -0.646. The fourth-order valence-corrected chi connectivity index (χ4v) is 4.54. The number of ether oxygens (including phenoxy) is 1. The molecule has 0 bridgehead atoms. The molecule has 5 rings (SSSR count). The Morgan fingerprint density at radius 3 is 2.76 bits per heavy atom. The van der Waals surface area contributed by atoms with Crippen molar-refractivity contribution in [2.45, 2.75) is 45.1 Å². The van der Waals surface area contributed by atoms with Gasteiger partial charge < -0.3 is 19.5 Å². The molecule has 4 heterocycles. The van der Waals surface area contributed by atoms with Gasteiger partial charge in [-0.25, -0.2) is 9.78 Å². The first-order valence-corrected chi connectivity index (χ1v) is 9.63. The Balaban J connectivity index is 1.85. The normalized spacial score (nSPS) is 20.8. The van der Waals surface area contributed by atoms with Gasteiger partial charge in [0.2, 0.25) is 0 Å². The lowest BCUT2D eigenvalue weighted by atomic mass is 9.86. The van der Waals surface area contributed by atoms with E-state index in [2.05, 4.69) is 0 Å². The number of para-hydroxylation sites is 1. The maximum atomic E-state index is 13.2. The summed E-state index contributed by atoms with van der Waals surface area (Å²) in [5, 5.41) is 22.3. The van der Waals surface area contributed by atoms with Gasteiger partial charge in [-0.05, 0) is 31.0 Å². The second kappa shape index (κ2) is 5.98. The Morgan fingerprint density at radius 1 is 1.28 bits per heavy atom. The van der Waals surface area contributed by atoms with Crippen LogP contribution in [0.1, 0.15) is 48.6 Å². The second-order valence-electron chi connectivity index (χ2n) is 7.65. The molecule has 7 heteroatoms. The minimum atomic E-state index is -1.85. The predicted octanol–water partition coefficient (Wildman–Crippen LogP) is 2.13. The van der Waals surface area contributed by atoms with E-state index in [0.717, 1.165) is 16.5 Å². The number of esters is 1. The fraction of sp³-hybridized carbons (Fsp3) is 0.318. The van der Waals surface area contributed by atoms with E-state index < -0.39 is 17.7 Å². The number of carbonyl (C=O) groups excluding carboxylic acids is 1. The lowest BCUT2D eigenvalue weighted by molar-refractivity contribution is -0.172. The van der Waals surface area contributed by atoms with Crippen molar-refractivity contribution in [1.29, 1.82) is 0 Å². The van der Waals surface area contributed by atoms with Crippen LogP contribution in [-0.2, 0) is 28.3 Å². The maximum Gasteiger partial charge on any atom is 0.343 e. The van der Waals surface area contributed by atoms with Crippen molar-refractivity contribution in [3.05, 3.63) is 62.9 Å². The average Bonchev–Trinajstić information content (AvgIpc) is 3.07. The second-order valence-corrected chi connectivity index (χ2v) is 7.65. The van der Waals surface area contributed by atoms with Gasteiger partial charge in [0, 0.05) is 16.5 Å². The van der Waals surface area contributed by atoms with Crippen molar-refractivity contribution in [3.63, 3.8) is 0 Å². The zero-order valence-corrected chi connectivity index (χ0v) is 16.1. The van der Waals surface area contributed by atoms with E-state index in [1.807, 2.05) is 24.3 Å². The molecule has 0 amide bonds. The van der Waals surface area contributed by atoms with Crippen LogP contribution in [0, 0.1) is 0 Å². The number of aliphatic hydroxyl groups excluding tert-OH is 1. The molecule has 0 saturated carbocycles. The third-order valence-corrected chi connectivity index (χ3v) is 6.06. The van der Waals surface area contributed by atoms with Crippen LogP contribution in [0.4, 0.5) is 0 Å². The molecule has 0 saturated heterocycles. The van der Waals surface area contributed by atoms with Crippen LogP contribution in [-0.4, -0.2) is 25.7 Å². The van der Waals surface area contributed by atoms with Crippen LogP contribution in [0.3, 0.4) is 0 Å². The zero-order chi connectivity index (χ0) is 20.5. The van der Waals surface area contributed by atoms with Gasteiger partial charge in [-0.3, -0.25) is 4.79 Å². The quantitative estimate of drug-likeness (QED) is 0.507. The molecule has 0 spiro atoms. The van der Waals surface area contributed by atoms with E-state index in [0.29, 0.717) is 16.9 Å². The summed E-state index contributed by atoms with van der Waals surface area (Å²) in [5.41, 5.74) is 1.78. The number of benzene rings is 1. The molecular formula is C22H20N2O5. The molecule has 2 atom stereocenters. The highest BCUT2D eigenvalue weighted by atomic mass is 16.6. The van der Waals surface area contributed by atoms with Crippen molar-refractivity contribution in [1.82, 2.24) is 9.55 Å². The highest BCUT2D eigenvalue weighted by molar-refractivity contribution is 5.89. The fourth-order valence-electron chi connectivity index (χ4n) is 4.54. The molecule has 0 aliphatic carbocycles. The summed E-state index contributed by atoms with van der Waals surface area (Å²) in [6, 6.07) is 9.21. The molecule has 7 nitrogen and oxygen atoms in total. The maximum absolute atomic E-state index is 13.2. The van der Waals surface area contributed by atoms with Gasteiger partial charge in [0.15, 0.2) is 5.60 Å². The van der Waals surface area contributed by atoms with Crippen LogP contribution in [0.25, 0.3) is 22.3 Å². The smallest absolute Gasteiger partial charge is 0.343 e. The van der Waals surface area contributed by atoms with Crippen molar-refractivity contribution in [2.75, 3.05) is 0 Å². The molecule has 0 radical (unpaired) electrons. The lowest BCUT2D eigenvalue weighted by Crippen LogP contribution is -2.44. The minimum absolute atomic E-state index is 0.0959. The number of aliphatic hydroxyl groups is 2. The van der Waals surface area contributed by atoms with E-state index in [1.165, 1.54) is 0 Å². The third-order valence-electron chi connectivity index (χ3n) is 6.06. The first kappa shape index (κ1) is 18.0. The first-order chi connectivity index (χ1) is 13.9. The van der Waals surface area contributed by atoms with Crippen LogP contribution >= 0.6 is 0 Å². The Hall–Kier alpha value is -3.03. The van der Waals surface area contributed by atoms with Crippen LogP contribution in [0.2, 0.25) is 0 Å². The van der Waals surface area contributed by atoms with Crippen molar-refractivity contribution < 1.29 is 19.7 Å². The Morgan fingerprint density at radius 2 is 2.03 bits per heavy atom. The van der Waals surface area contributed by atoms with Crippen molar-refractivity contribution in [2.24, 2.45) is 0 Å². The van der Waals surface area contributed by atoms with Crippen LogP contribution in [0.15, 0.2) is 35.1 Å². The average molecular weight is 392 g/mol. The monoisotopic (exact) mass is 392 g/mol. The van der Waals surface area contributed by atoms with Gasteiger partial charge in [-0.1, -0.05) is 25.1 Å². The van der Waals surface area contributed by atoms with E-state index >= 15 is 0 Å². The molecule has 2 aromatic heterocycles. The molecule has 2 N–H and O–H groups in total. The van der Waals surface area contributed by atoms with E-state index in [9.17, 15) is 19.8 Å². The SMILES string of the molecule is CC[C@@]1(O)C(=O)OCc2c1cc1n(c2=O)Cc2c-1nc1ccccc1c2C(C)O. The van der Waals surface area contributed by atoms with E-state index in [-0.39, 0.29) is 36.3 Å². The molecule has 29 heavy (non-hydrogen) atoms. The largest absolute Gasteiger partial charge is 0.458 e. The van der Waals surface area contributed by atoms with Crippen molar-refractivity contribution >= 4 is 16.9 Å². The number of fused-ring (bicyclic) bond motifs is 5. The Kier molecular flexibility index (Phi) is 3.72. The van der Waals surface area contributed by atoms with Gasteiger partial charge >= 0.3 is 5.97 Å². The van der Waals surface area contributed by atoms with E-state index in [1.54, 1.807) is 24.5 Å². The van der Waals surface area contributed by atoms with Crippen LogP contribution in [0.5, 0.6) is 0 Å². The molecule has 2 aliphatic rings. The molecule has 1 aromatic carbocycles. The zero-order valence-electron chi connectivity index (χ0n) is 16.1. The molecule has 2 aliphatic heterocycles. The molecular weight excluding hydrogens is 372 g/mol. The first-order valence-electron chi connectivity index (χ1n) is 9.63. The molecule has 1 unspecified atom stereocenters. The Bertz CT molecular complexity index is 1260. The van der Waals surface area contributed by atoms with Crippen molar-refractivity contribution in [3.8, 4) is 11.4 Å². The number of nitrogens with zero attached hydrogens (tertiary/aromatic N) is 2. The number of rotatable bonds is 2. The summed E-state index contributed by atoms with van der Waals surface area (Å²) in [4.78, 5) is 30.2. The van der Waals surface area contributed by atoms with Gasteiger partial charge in [-0.15, -0.1) is 0 Å². The van der Waals surface area contributed by atoms with Gasteiger partial charge in [0.25, 0.3) is 5.56 Å². The van der Waals surface area contributed by atoms with Gasteiger partial charge in [-0.2, -0.15) is 0 Å². The van der Waals surface area contributed by atoms with Crippen LogP contribution < -0.4 is 5.56 Å². The molecule has 148 valence electrons. The third kappa shape index (κ3) is 2.28. The minimum Gasteiger partial charge on any atom is -0.458 e. The summed E-state index contributed by atoms with van der Waals surface area (Å²) in [5.74, 6) is -0.744. The highest BCUT2D eigenvalue weighted by Crippen LogP contribution is 2.41. The number of hydrogen-bond donors (Lipinski definition) is 2. The molecule has 3 aromatic rings. The summed E-state index contributed by atoms with van der Waals surface area (Å²) >= 11 is 0. The summed E-state index contributed by atoms with van der Waals surface area (Å²) in [6.45, 7) is 3.48. The number of carbonyl (C=O) groups is 1. The molecule has 0 fully saturated rings. The Labute approximate surface area is 166 Å². The topological polar surface area (TPSA) is 102 Å². The number of hydrogen-bond acceptors (Lipinski definition) is 6. The lowest BCUT2D eigenvalue weighted by Gasteiger charge is -2.31. The van der Waals surface area contributed by atoms with E-state index in [4.69, 9.17) is 9.72 Å². The number of pyridine rings is 2. The predicted molar refractivity (Wildman–Crippen MR) is 105 cm³/mol. The van der Waals surface area contributed by atoms with Gasteiger partial charge in [0.05, 0.1) is 35.1 Å². The number of aromatic nitrogens is 2. The highest BCUT2D eigenvalue weighted by Gasteiger charge is 2.45. The number of cyclic esters (lactones) is 1.